The van der Waals surface area contributed by atoms with Gasteiger partial charge in [0.15, 0.2) is 0 Å². The average Bonchev–Trinajstić information content (AvgIpc) is 2.08. The summed E-state index contributed by atoms with van der Waals surface area (Å²) < 4.78 is 0.818. The van der Waals surface area contributed by atoms with Crippen LogP contribution in [-0.2, 0) is 4.79 Å². The zero-order valence-electron chi connectivity index (χ0n) is 7.16. The Labute approximate surface area is 93.5 Å². The van der Waals surface area contributed by atoms with Crippen molar-refractivity contribution in [2.45, 2.75) is 12.5 Å². The number of pyridine rings is 1. The molecule has 0 aliphatic heterocycles. The molecule has 0 amide bonds. The third kappa shape index (κ3) is 2.81. The van der Waals surface area contributed by atoms with E-state index in [-0.39, 0.29) is 12.0 Å². The molecule has 0 bridgehead atoms. The fourth-order valence-electron chi connectivity index (χ4n) is 1.05. The van der Waals surface area contributed by atoms with E-state index < -0.39 is 12.0 Å². The molecule has 0 fully saturated rings. The Morgan fingerprint density at radius 1 is 1.71 bits per heavy atom. The van der Waals surface area contributed by atoms with Gasteiger partial charge in [0.25, 0.3) is 5.56 Å². The van der Waals surface area contributed by atoms with E-state index in [2.05, 4.69) is 4.98 Å². The molecular formula is C8H9IN2O3. The van der Waals surface area contributed by atoms with Gasteiger partial charge in [-0.1, -0.05) is 0 Å². The van der Waals surface area contributed by atoms with Gasteiger partial charge in [0.2, 0.25) is 0 Å². The van der Waals surface area contributed by atoms with Gasteiger partial charge in [-0.15, -0.1) is 0 Å². The standard InChI is InChI=1S/C8H9IN2O3/c9-4-1-5(8(14)11-3-4)6(10)2-7(12)13/h1,3,6H,2,10H2,(H,11,14)(H,12,13). The van der Waals surface area contributed by atoms with Gasteiger partial charge in [-0.25, -0.2) is 0 Å². The molecule has 1 heterocycles. The number of carbonyl (C=O) groups is 1. The maximum Gasteiger partial charge on any atom is 0.305 e. The minimum absolute atomic E-state index is 0.247. The maximum atomic E-state index is 11.3. The predicted octanol–water partition coefficient (Wildman–Crippen LogP) is 0.454. The Morgan fingerprint density at radius 2 is 2.36 bits per heavy atom. The van der Waals surface area contributed by atoms with Crippen molar-refractivity contribution in [3.63, 3.8) is 0 Å². The number of aromatic nitrogens is 1. The van der Waals surface area contributed by atoms with Crippen molar-refractivity contribution in [3.05, 3.63) is 31.8 Å². The second-order valence-electron chi connectivity index (χ2n) is 2.81. The van der Waals surface area contributed by atoms with E-state index in [1.54, 1.807) is 12.3 Å². The third-order valence-corrected chi connectivity index (χ3v) is 2.31. The first kappa shape index (κ1) is 11.2. The van der Waals surface area contributed by atoms with Gasteiger partial charge in [0.1, 0.15) is 0 Å². The second kappa shape index (κ2) is 4.56. The molecule has 0 aromatic carbocycles. The number of H-pyrrole nitrogens is 1. The molecule has 76 valence electrons. The van der Waals surface area contributed by atoms with Gasteiger partial charge in [0, 0.05) is 21.4 Å². The van der Waals surface area contributed by atoms with Crippen molar-refractivity contribution in [1.29, 1.82) is 0 Å². The topological polar surface area (TPSA) is 96.2 Å². The molecule has 1 aromatic rings. The molecule has 1 rings (SSSR count). The SMILES string of the molecule is NC(CC(=O)O)c1cc(I)c[nH]c1=O. The highest BCUT2D eigenvalue weighted by Gasteiger charge is 2.14. The minimum Gasteiger partial charge on any atom is -0.481 e. The summed E-state index contributed by atoms with van der Waals surface area (Å²) in [5.41, 5.74) is 5.53. The van der Waals surface area contributed by atoms with Crippen LogP contribution in [0.4, 0.5) is 0 Å². The molecule has 1 unspecified atom stereocenters. The Bertz CT molecular complexity index is 402. The van der Waals surface area contributed by atoms with Crippen molar-refractivity contribution in [2.24, 2.45) is 5.73 Å². The summed E-state index contributed by atoms with van der Waals surface area (Å²) in [5.74, 6) is -1.02. The smallest absolute Gasteiger partial charge is 0.305 e. The molecule has 0 aliphatic rings. The van der Waals surface area contributed by atoms with Crippen LogP contribution in [0.25, 0.3) is 0 Å². The summed E-state index contributed by atoms with van der Waals surface area (Å²) in [6, 6.07) is 0.832. The van der Waals surface area contributed by atoms with Gasteiger partial charge in [-0.05, 0) is 28.7 Å². The van der Waals surface area contributed by atoms with Gasteiger partial charge in [0.05, 0.1) is 6.42 Å². The molecule has 5 nitrogen and oxygen atoms in total. The van der Waals surface area contributed by atoms with E-state index in [0.29, 0.717) is 5.56 Å². The Balaban J connectivity index is 2.99. The van der Waals surface area contributed by atoms with Gasteiger partial charge in [-0.2, -0.15) is 0 Å². The maximum absolute atomic E-state index is 11.3. The van der Waals surface area contributed by atoms with Crippen molar-refractivity contribution in [2.75, 3.05) is 0 Å². The van der Waals surface area contributed by atoms with E-state index in [4.69, 9.17) is 10.8 Å². The molecule has 0 radical (unpaired) electrons. The quantitative estimate of drug-likeness (QED) is 0.707. The summed E-state index contributed by atoms with van der Waals surface area (Å²) in [6.45, 7) is 0. The number of aromatic amines is 1. The third-order valence-electron chi connectivity index (χ3n) is 1.69. The normalized spacial score (nSPS) is 12.4. The van der Waals surface area contributed by atoms with E-state index in [1.807, 2.05) is 22.6 Å². The lowest BCUT2D eigenvalue weighted by Gasteiger charge is -2.07. The van der Waals surface area contributed by atoms with Crippen LogP contribution in [0.5, 0.6) is 0 Å². The van der Waals surface area contributed by atoms with Crippen LogP contribution >= 0.6 is 22.6 Å². The highest BCUT2D eigenvalue weighted by atomic mass is 127. The molecule has 1 aromatic heterocycles. The number of rotatable bonds is 3. The summed E-state index contributed by atoms with van der Waals surface area (Å²) in [6.07, 6.45) is 1.29. The number of carboxylic acid groups (broad SMARTS) is 1. The molecule has 6 heteroatoms. The molecular weight excluding hydrogens is 299 g/mol. The number of carboxylic acids is 1. The lowest BCUT2D eigenvalue weighted by Crippen LogP contribution is -2.23. The lowest BCUT2D eigenvalue weighted by atomic mass is 10.1. The zero-order valence-corrected chi connectivity index (χ0v) is 9.32. The molecule has 0 aliphatic carbocycles. The molecule has 0 spiro atoms. The number of hydrogen-bond donors (Lipinski definition) is 3. The number of aliphatic carboxylic acids is 1. The zero-order chi connectivity index (χ0) is 10.7. The van der Waals surface area contributed by atoms with Crippen LogP contribution < -0.4 is 11.3 Å². The summed E-state index contributed by atoms with van der Waals surface area (Å²) in [7, 11) is 0. The molecule has 0 saturated carbocycles. The Hall–Kier alpha value is -0.890. The molecule has 0 saturated heterocycles. The molecule has 14 heavy (non-hydrogen) atoms. The van der Waals surface area contributed by atoms with Crippen molar-refractivity contribution in [1.82, 2.24) is 4.98 Å². The van der Waals surface area contributed by atoms with E-state index >= 15 is 0 Å². The van der Waals surface area contributed by atoms with Crippen LogP contribution in [-0.4, -0.2) is 16.1 Å². The van der Waals surface area contributed by atoms with Crippen LogP contribution in [0.2, 0.25) is 0 Å². The van der Waals surface area contributed by atoms with Crippen molar-refractivity contribution < 1.29 is 9.90 Å². The monoisotopic (exact) mass is 308 g/mol. The molecule has 4 N–H and O–H groups in total. The van der Waals surface area contributed by atoms with Crippen LogP contribution in [0.3, 0.4) is 0 Å². The molecule has 1 atom stereocenters. The van der Waals surface area contributed by atoms with E-state index in [9.17, 15) is 9.59 Å². The minimum atomic E-state index is -1.02. The van der Waals surface area contributed by atoms with Crippen LogP contribution in [0, 0.1) is 3.57 Å². The number of hydrogen-bond acceptors (Lipinski definition) is 3. The number of nitrogens with two attached hydrogens (primary N) is 1. The highest BCUT2D eigenvalue weighted by molar-refractivity contribution is 14.1. The summed E-state index contributed by atoms with van der Waals surface area (Å²) in [5, 5.41) is 8.51. The Morgan fingerprint density at radius 3 is 2.93 bits per heavy atom. The van der Waals surface area contributed by atoms with Crippen molar-refractivity contribution in [3.8, 4) is 0 Å². The van der Waals surface area contributed by atoms with Gasteiger partial charge in [-0.3, -0.25) is 9.59 Å². The fourth-order valence-corrected chi connectivity index (χ4v) is 1.54. The fraction of sp³-hybridized carbons (Fsp3) is 0.250. The number of nitrogens with one attached hydrogen (secondary N) is 1. The van der Waals surface area contributed by atoms with Gasteiger partial charge >= 0.3 is 5.97 Å². The first-order valence-corrected chi connectivity index (χ1v) is 4.94. The van der Waals surface area contributed by atoms with E-state index in [0.717, 1.165) is 3.57 Å². The highest BCUT2D eigenvalue weighted by Crippen LogP contribution is 2.11. The van der Waals surface area contributed by atoms with Gasteiger partial charge < -0.3 is 15.8 Å². The average molecular weight is 308 g/mol. The van der Waals surface area contributed by atoms with Crippen molar-refractivity contribution >= 4 is 28.6 Å². The lowest BCUT2D eigenvalue weighted by molar-refractivity contribution is -0.137. The largest absolute Gasteiger partial charge is 0.481 e. The first-order chi connectivity index (χ1) is 6.50. The first-order valence-electron chi connectivity index (χ1n) is 3.86. The second-order valence-corrected chi connectivity index (χ2v) is 4.05. The van der Waals surface area contributed by atoms with E-state index in [1.165, 1.54) is 0 Å². The Kier molecular flexibility index (Phi) is 3.64. The predicted molar refractivity (Wildman–Crippen MR) is 59.0 cm³/mol. The van der Waals surface area contributed by atoms with Crippen LogP contribution in [0.1, 0.15) is 18.0 Å². The summed E-state index contributed by atoms with van der Waals surface area (Å²) in [4.78, 5) is 24.1. The number of halogens is 1. The summed E-state index contributed by atoms with van der Waals surface area (Å²) >= 11 is 2.02. The van der Waals surface area contributed by atoms with Crippen LogP contribution in [0.15, 0.2) is 17.1 Å².